The zero-order chi connectivity index (χ0) is 23.8. The van der Waals surface area contributed by atoms with E-state index in [2.05, 4.69) is 41.4 Å². The number of ether oxygens (including phenoxy) is 1. The average molecular weight is 491 g/mol. The topological polar surface area (TPSA) is 127 Å². The fourth-order valence-electron chi connectivity index (χ4n) is 2.55. The molecule has 0 atom stereocenters. The fourth-order valence-corrected chi connectivity index (χ4v) is 4.27. The summed E-state index contributed by atoms with van der Waals surface area (Å²) in [5.74, 6) is 1.83. The summed E-state index contributed by atoms with van der Waals surface area (Å²) in [5.41, 5.74) is 0.509. The Balaban J connectivity index is 1.43. The van der Waals surface area contributed by atoms with Crippen molar-refractivity contribution in [3.63, 3.8) is 0 Å². The Morgan fingerprint density at radius 3 is 2.58 bits per heavy atom. The van der Waals surface area contributed by atoms with Gasteiger partial charge < -0.3 is 19.6 Å². The van der Waals surface area contributed by atoms with Crippen molar-refractivity contribution in [3.8, 4) is 5.75 Å². The van der Waals surface area contributed by atoms with E-state index < -0.39 is 12.0 Å². The van der Waals surface area contributed by atoms with Gasteiger partial charge in [0.2, 0.25) is 5.89 Å². The minimum absolute atomic E-state index is 0.0641. The summed E-state index contributed by atoms with van der Waals surface area (Å²) >= 11 is 2.91. The van der Waals surface area contributed by atoms with Crippen LogP contribution in [-0.2, 0) is 16.0 Å². The zero-order valence-corrected chi connectivity index (χ0v) is 20.2. The number of oxazole rings is 1. The van der Waals surface area contributed by atoms with Crippen LogP contribution in [0.5, 0.6) is 5.75 Å². The van der Waals surface area contributed by atoms with E-state index in [4.69, 9.17) is 14.3 Å². The van der Waals surface area contributed by atoms with Crippen molar-refractivity contribution in [2.24, 2.45) is 0 Å². The lowest BCUT2D eigenvalue weighted by Gasteiger charge is -2.12. The predicted molar refractivity (Wildman–Crippen MR) is 128 cm³/mol. The van der Waals surface area contributed by atoms with Gasteiger partial charge in [-0.15, -0.1) is 11.8 Å². The second-order valence-electron chi connectivity index (χ2n) is 8.09. The molecule has 3 N–H and O–H groups in total. The molecule has 33 heavy (non-hydrogen) atoms. The lowest BCUT2D eigenvalue weighted by molar-refractivity contribution is -0.137. The third-order valence-corrected chi connectivity index (χ3v) is 6.34. The highest BCUT2D eigenvalue weighted by Gasteiger charge is 2.19. The standard InChI is InChI=1S/C22H26N4O5S2/c1-22(2,3)16-11-23-17(31-16)13-32-19-12-24-21(33-19)26-20(29)25-14-6-8-15(9-7-14)30-10-4-5-18(27)28/h6-9,11-12H,4-5,10,13H2,1-3H3,(H,27,28)(H2,24,25,26,29). The van der Waals surface area contributed by atoms with Crippen molar-refractivity contribution in [2.45, 2.75) is 49.0 Å². The number of benzene rings is 1. The van der Waals surface area contributed by atoms with E-state index in [1.165, 1.54) is 11.3 Å². The first-order valence-corrected chi connectivity index (χ1v) is 12.1. The van der Waals surface area contributed by atoms with Crippen molar-refractivity contribution < 1.29 is 23.8 Å². The van der Waals surface area contributed by atoms with Crippen molar-refractivity contribution in [2.75, 3.05) is 17.2 Å². The smallest absolute Gasteiger partial charge is 0.325 e. The first-order valence-electron chi connectivity index (χ1n) is 10.3. The third kappa shape index (κ3) is 8.10. The van der Waals surface area contributed by atoms with E-state index >= 15 is 0 Å². The number of rotatable bonds is 10. The number of amides is 2. The Morgan fingerprint density at radius 2 is 1.91 bits per heavy atom. The van der Waals surface area contributed by atoms with Crippen LogP contribution in [0, 0.1) is 0 Å². The molecule has 2 aromatic heterocycles. The summed E-state index contributed by atoms with van der Waals surface area (Å²) in [6, 6.07) is 6.43. The molecule has 0 saturated carbocycles. The van der Waals surface area contributed by atoms with Gasteiger partial charge in [0.1, 0.15) is 11.5 Å². The van der Waals surface area contributed by atoms with Crippen LogP contribution in [0.25, 0.3) is 0 Å². The number of urea groups is 1. The summed E-state index contributed by atoms with van der Waals surface area (Å²) in [5, 5.41) is 14.6. The van der Waals surface area contributed by atoms with Crippen LogP contribution in [0.2, 0.25) is 0 Å². The molecule has 0 spiro atoms. The molecule has 0 aliphatic heterocycles. The SMILES string of the molecule is CC(C)(C)c1cnc(CSc2cnc(NC(=O)Nc3ccc(OCCCC(=O)O)cc3)s2)o1. The maximum absolute atomic E-state index is 12.3. The molecule has 0 bridgehead atoms. The summed E-state index contributed by atoms with van der Waals surface area (Å²) in [4.78, 5) is 31.3. The van der Waals surface area contributed by atoms with Crippen LogP contribution >= 0.6 is 23.1 Å². The third-order valence-electron chi connectivity index (χ3n) is 4.25. The van der Waals surface area contributed by atoms with Gasteiger partial charge in [0.25, 0.3) is 0 Å². The molecule has 3 aromatic rings. The second-order valence-corrected chi connectivity index (χ2v) is 10.4. The van der Waals surface area contributed by atoms with Gasteiger partial charge in [-0.1, -0.05) is 32.1 Å². The van der Waals surface area contributed by atoms with Gasteiger partial charge in [0.05, 0.1) is 29.0 Å². The number of thioether (sulfide) groups is 1. The van der Waals surface area contributed by atoms with E-state index in [-0.39, 0.29) is 11.8 Å². The molecular weight excluding hydrogens is 464 g/mol. The Bertz CT molecular complexity index is 1070. The molecule has 9 nitrogen and oxygen atoms in total. The van der Waals surface area contributed by atoms with E-state index in [0.29, 0.717) is 41.2 Å². The van der Waals surface area contributed by atoms with Crippen molar-refractivity contribution in [1.29, 1.82) is 0 Å². The van der Waals surface area contributed by atoms with Crippen molar-refractivity contribution in [3.05, 3.63) is 48.3 Å². The number of aromatic nitrogens is 2. The molecule has 0 aliphatic carbocycles. The maximum atomic E-state index is 12.3. The molecule has 0 saturated heterocycles. The quantitative estimate of drug-likeness (QED) is 0.247. The molecule has 0 aliphatic rings. The van der Waals surface area contributed by atoms with Crippen LogP contribution in [0.15, 0.2) is 45.3 Å². The van der Waals surface area contributed by atoms with E-state index in [9.17, 15) is 9.59 Å². The lowest BCUT2D eigenvalue weighted by atomic mass is 9.94. The molecule has 2 amide bonds. The summed E-state index contributed by atoms with van der Waals surface area (Å²) in [6.07, 6.45) is 3.96. The Hall–Kier alpha value is -3.05. The van der Waals surface area contributed by atoms with Gasteiger partial charge in [-0.2, -0.15) is 0 Å². The van der Waals surface area contributed by atoms with Crippen molar-refractivity contribution >= 4 is 45.9 Å². The van der Waals surface area contributed by atoms with Crippen LogP contribution in [-0.4, -0.2) is 33.7 Å². The molecule has 176 valence electrons. The van der Waals surface area contributed by atoms with Crippen LogP contribution in [0.1, 0.15) is 45.3 Å². The van der Waals surface area contributed by atoms with E-state index in [1.807, 2.05) is 0 Å². The number of hydrogen-bond acceptors (Lipinski definition) is 8. The van der Waals surface area contributed by atoms with E-state index in [0.717, 1.165) is 9.97 Å². The zero-order valence-electron chi connectivity index (χ0n) is 18.6. The molecule has 1 aromatic carbocycles. The average Bonchev–Trinajstić information content (AvgIpc) is 3.40. The molecule has 2 heterocycles. The number of nitrogens with one attached hydrogen (secondary N) is 2. The Kier molecular flexibility index (Phi) is 8.34. The molecule has 0 unspecified atom stereocenters. The number of carboxylic acids is 1. The first kappa shape index (κ1) is 24.6. The number of thiazole rings is 1. The molecule has 11 heteroatoms. The highest BCUT2D eigenvalue weighted by molar-refractivity contribution is 8.00. The van der Waals surface area contributed by atoms with Gasteiger partial charge in [-0.3, -0.25) is 10.1 Å². The van der Waals surface area contributed by atoms with Gasteiger partial charge in [-0.05, 0) is 30.7 Å². The van der Waals surface area contributed by atoms with Gasteiger partial charge in [0.15, 0.2) is 5.13 Å². The van der Waals surface area contributed by atoms with Crippen LogP contribution in [0.3, 0.4) is 0 Å². The number of hydrogen-bond donors (Lipinski definition) is 3. The highest BCUT2D eigenvalue weighted by Crippen LogP contribution is 2.31. The molecule has 3 rings (SSSR count). The minimum Gasteiger partial charge on any atom is -0.494 e. The summed E-state index contributed by atoms with van der Waals surface area (Å²) < 4.78 is 12.2. The van der Waals surface area contributed by atoms with Crippen molar-refractivity contribution in [1.82, 2.24) is 9.97 Å². The van der Waals surface area contributed by atoms with E-state index in [1.54, 1.807) is 48.4 Å². The lowest BCUT2D eigenvalue weighted by Crippen LogP contribution is -2.19. The van der Waals surface area contributed by atoms with Gasteiger partial charge in [0, 0.05) is 17.5 Å². The van der Waals surface area contributed by atoms with Crippen LogP contribution in [0.4, 0.5) is 15.6 Å². The second kappa shape index (κ2) is 11.2. The number of anilines is 2. The number of carboxylic acid groups (broad SMARTS) is 1. The monoisotopic (exact) mass is 490 g/mol. The summed E-state index contributed by atoms with van der Waals surface area (Å²) in [7, 11) is 0. The normalized spacial score (nSPS) is 11.2. The Morgan fingerprint density at radius 1 is 1.15 bits per heavy atom. The maximum Gasteiger partial charge on any atom is 0.325 e. The predicted octanol–water partition coefficient (Wildman–Crippen LogP) is 5.61. The first-order chi connectivity index (χ1) is 15.7. The number of carbonyl (C=O) groups excluding carboxylic acids is 1. The largest absolute Gasteiger partial charge is 0.494 e. The molecular formula is C22H26N4O5S2. The number of aliphatic carboxylic acids is 1. The Labute approximate surface area is 200 Å². The van der Waals surface area contributed by atoms with Crippen LogP contribution < -0.4 is 15.4 Å². The fraction of sp³-hybridized carbons (Fsp3) is 0.364. The minimum atomic E-state index is -0.848. The van der Waals surface area contributed by atoms with Gasteiger partial charge >= 0.3 is 12.0 Å². The number of carbonyl (C=O) groups is 2. The molecule has 0 radical (unpaired) electrons. The highest BCUT2D eigenvalue weighted by atomic mass is 32.2. The summed E-state index contributed by atoms with van der Waals surface area (Å²) in [6.45, 7) is 6.54. The van der Waals surface area contributed by atoms with Gasteiger partial charge in [-0.25, -0.2) is 14.8 Å². The number of nitrogens with zero attached hydrogens (tertiary/aromatic N) is 2. The molecule has 0 fully saturated rings.